The lowest BCUT2D eigenvalue weighted by molar-refractivity contribution is -0.136. The Hall–Kier alpha value is -1.99. The van der Waals surface area contributed by atoms with Crippen molar-refractivity contribution in [3.05, 3.63) is 48.0 Å². The molecule has 2 aromatic carbocycles. The molecular weight excluding hydrogens is 362 g/mol. The lowest BCUT2D eigenvalue weighted by Crippen LogP contribution is -2.54. The Morgan fingerprint density at radius 1 is 0.862 bits per heavy atom. The Kier molecular flexibility index (Phi) is 4.34. The van der Waals surface area contributed by atoms with E-state index in [2.05, 4.69) is 69.1 Å². The topological polar surface area (TPSA) is 68.4 Å². The molecule has 0 spiro atoms. The van der Waals surface area contributed by atoms with Gasteiger partial charge in [0.15, 0.2) is 0 Å². The molecule has 1 amide bonds. The smallest absolute Gasteiger partial charge is 0.241 e. The van der Waals surface area contributed by atoms with Crippen molar-refractivity contribution in [3.63, 3.8) is 0 Å². The Balaban J connectivity index is 1.25. The number of nitrogens with one attached hydrogen (secondary N) is 4. The van der Waals surface area contributed by atoms with Crippen LogP contribution in [0.3, 0.4) is 0 Å². The molecule has 3 saturated heterocycles. The Morgan fingerprint density at radius 2 is 1.69 bits per heavy atom. The number of hydrogen-bond acceptors (Lipinski definition) is 5. The van der Waals surface area contributed by atoms with E-state index < -0.39 is 0 Å². The lowest BCUT2D eigenvalue weighted by atomic mass is 9.83. The van der Waals surface area contributed by atoms with Gasteiger partial charge in [-0.1, -0.05) is 48.9 Å². The van der Waals surface area contributed by atoms with Gasteiger partial charge in [-0.2, -0.15) is 0 Å². The maximum Gasteiger partial charge on any atom is 0.241 e. The van der Waals surface area contributed by atoms with Crippen molar-refractivity contribution in [2.24, 2.45) is 11.8 Å². The number of carbonyl (C=O) groups is 1. The second-order valence-corrected chi connectivity index (χ2v) is 9.15. The van der Waals surface area contributed by atoms with Crippen molar-refractivity contribution in [1.82, 2.24) is 26.6 Å². The molecule has 6 rings (SSSR count). The average molecular weight is 392 g/mol. The third-order valence-electron chi connectivity index (χ3n) is 7.67. The van der Waals surface area contributed by atoms with Gasteiger partial charge >= 0.3 is 0 Å². The molecule has 4 fully saturated rings. The minimum atomic E-state index is -0.0580. The number of benzene rings is 2. The van der Waals surface area contributed by atoms with Crippen molar-refractivity contribution >= 4 is 16.7 Å². The van der Waals surface area contributed by atoms with Crippen molar-refractivity contribution in [3.8, 4) is 0 Å². The monoisotopic (exact) mass is 391 g/mol. The first-order valence-electron chi connectivity index (χ1n) is 11.1. The summed E-state index contributed by atoms with van der Waals surface area (Å²) in [7, 11) is 0. The van der Waals surface area contributed by atoms with Crippen LogP contribution in [0.5, 0.6) is 0 Å². The van der Waals surface area contributed by atoms with Crippen LogP contribution in [0.2, 0.25) is 0 Å². The van der Waals surface area contributed by atoms with E-state index in [9.17, 15) is 4.79 Å². The van der Waals surface area contributed by atoms with Gasteiger partial charge in [0.25, 0.3) is 0 Å². The summed E-state index contributed by atoms with van der Waals surface area (Å²) in [6.07, 6.45) is 4.57. The van der Waals surface area contributed by atoms with E-state index >= 15 is 0 Å². The number of rotatable bonds is 2. The number of fused-ring (bicyclic) bond motifs is 3. The highest BCUT2D eigenvalue weighted by Crippen LogP contribution is 2.38. The molecule has 29 heavy (non-hydrogen) atoms. The van der Waals surface area contributed by atoms with Crippen LogP contribution in [0.15, 0.2) is 42.5 Å². The summed E-state index contributed by atoms with van der Waals surface area (Å²) in [6.45, 7) is 1.65. The number of piperidine rings is 1. The standard InChI is InChI=1S/C23H29N5O/c29-23(22-17-9-4-10-19(17)24-27-22)28-12-11-20-18(13-28)21(26-25-20)16-8-3-6-14-5-1-2-7-15(14)16/h1-3,5-8,17-22,24-27H,4,9-13H2. The lowest BCUT2D eigenvalue weighted by Gasteiger charge is -2.38. The largest absolute Gasteiger partial charge is 0.341 e. The normalized spacial score (nSPS) is 36.3. The summed E-state index contributed by atoms with van der Waals surface area (Å²) in [5.41, 5.74) is 15.1. The predicted molar refractivity (Wildman–Crippen MR) is 113 cm³/mol. The van der Waals surface area contributed by atoms with Crippen molar-refractivity contribution < 1.29 is 4.79 Å². The van der Waals surface area contributed by atoms with Gasteiger partial charge in [0.2, 0.25) is 5.91 Å². The number of nitrogens with zero attached hydrogens (tertiary/aromatic N) is 1. The zero-order valence-electron chi connectivity index (χ0n) is 16.6. The van der Waals surface area contributed by atoms with Crippen LogP contribution in [0.4, 0.5) is 0 Å². The molecular formula is C23H29N5O. The quantitative estimate of drug-likeness (QED) is 0.629. The molecule has 2 aromatic rings. The first kappa shape index (κ1) is 17.8. The predicted octanol–water partition coefficient (Wildman–Crippen LogP) is 1.85. The molecule has 0 bridgehead atoms. The Morgan fingerprint density at radius 3 is 2.66 bits per heavy atom. The van der Waals surface area contributed by atoms with Crippen molar-refractivity contribution in [2.75, 3.05) is 13.1 Å². The van der Waals surface area contributed by atoms with Gasteiger partial charge in [0.05, 0.1) is 6.04 Å². The summed E-state index contributed by atoms with van der Waals surface area (Å²) in [4.78, 5) is 15.5. The number of likely N-dealkylation sites (tertiary alicyclic amines) is 1. The summed E-state index contributed by atoms with van der Waals surface area (Å²) >= 11 is 0. The molecule has 6 unspecified atom stereocenters. The first-order chi connectivity index (χ1) is 14.3. The number of hydrogen-bond donors (Lipinski definition) is 4. The van der Waals surface area contributed by atoms with E-state index in [1.807, 2.05) is 0 Å². The number of carbonyl (C=O) groups excluding carboxylic acids is 1. The fraction of sp³-hybridized carbons (Fsp3) is 0.522. The molecule has 4 aliphatic rings. The van der Waals surface area contributed by atoms with Crippen molar-refractivity contribution in [2.45, 2.75) is 49.9 Å². The molecule has 3 heterocycles. The molecule has 0 radical (unpaired) electrons. The van der Waals surface area contributed by atoms with E-state index in [-0.39, 0.29) is 18.0 Å². The first-order valence-corrected chi connectivity index (χ1v) is 11.1. The van der Waals surface area contributed by atoms with Crippen LogP contribution >= 0.6 is 0 Å². The second-order valence-electron chi connectivity index (χ2n) is 9.15. The molecule has 1 saturated carbocycles. The van der Waals surface area contributed by atoms with Gasteiger partial charge in [0.1, 0.15) is 6.04 Å². The van der Waals surface area contributed by atoms with Crippen molar-refractivity contribution in [1.29, 1.82) is 0 Å². The summed E-state index contributed by atoms with van der Waals surface area (Å²) in [5.74, 6) is 1.12. The van der Waals surface area contributed by atoms with Crippen LogP contribution in [0.25, 0.3) is 10.8 Å². The number of amides is 1. The third kappa shape index (κ3) is 2.89. The molecule has 6 nitrogen and oxygen atoms in total. The van der Waals surface area contributed by atoms with Gasteiger partial charge in [-0.05, 0) is 35.6 Å². The SMILES string of the molecule is O=C(C1NNC2CCCC21)N1CCC2NNC(c3cccc4ccccc34)C2C1. The van der Waals surface area contributed by atoms with Crippen LogP contribution in [0, 0.1) is 11.8 Å². The van der Waals surface area contributed by atoms with E-state index in [1.165, 1.54) is 29.2 Å². The van der Waals surface area contributed by atoms with E-state index in [0.29, 0.717) is 23.9 Å². The van der Waals surface area contributed by atoms with Crippen LogP contribution in [-0.2, 0) is 4.79 Å². The van der Waals surface area contributed by atoms with Crippen LogP contribution < -0.4 is 21.7 Å². The molecule has 6 heteroatoms. The molecule has 4 N–H and O–H groups in total. The van der Waals surface area contributed by atoms with Gasteiger partial charge in [-0.25, -0.2) is 10.9 Å². The zero-order valence-corrected chi connectivity index (χ0v) is 16.6. The Labute approximate surface area is 171 Å². The highest BCUT2D eigenvalue weighted by Gasteiger charge is 2.47. The fourth-order valence-corrected chi connectivity index (χ4v) is 6.15. The van der Waals surface area contributed by atoms with Gasteiger partial charge in [-0.3, -0.25) is 15.6 Å². The minimum Gasteiger partial charge on any atom is -0.341 e. The minimum absolute atomic E-state index is 0.0580. The summed E-state index contributed by atoms with van der Waals surface area (Å²) < 4.78 is 0. The molecule has 0 aromatic heterocycles. The van der Waals surface area contributed by atoms with E-state index in [0.717, 1.165) is 25.9 Å². The molecule has 3 aliphatic heterocycles. The van der Waals surface area contributed by atoms with Crippen LogP contribution in [-0.4, -0.2) is 42.0 Å². The van der Waals surface area contributed by atoms with E-state index in [4.69, 9.17) is 0 Å². The van der Waals surface area contributed by atoms with Crippen LogP contribution in [0.1, 0.15) is 37.3 Å². The molecule has 1 aliphatic carbocycles. The Bertz CT molecular complexity index is 927. The molecule has 152 valence electrons. The highest BCUT2D eigenvalue weighted by molar-refractivity contribution is 5.86. The summed E-state index contributed by atoms with van der Waals surface area (Å²) in [6, 6.07) is 16.2. The van der Waals surface area contributed by atoms with Gasteiger partial charge in [-0.15, -0.1) is 0 Å². The zero-order chi connectivity index (χ0) is 19.4. The fourth-order valence-electron chi connectivity index (χ4n) is 6.15. The maximum absolute atomic E-state index is 13.4. The third-order valence-corrected chi connectivity index (χ3v) is 7.67. The molecule has 6 atom stereocenters. The van der Waals surface area contributed by atoms with E-state index in [1.54, 1.807) is 0 Å². The van der Waals surface area contributed by atoms with Gasteiger partial charge < -0.3 is 4.90 Å². The average Bonchev–Trinajstić information content (AvgIpc) is 3.48. The van der Waals surface area contributed by atoms with Gasteiger partial charge in [0, 0.05) is 37.0 Å². The second kappa shape index (κ2) is 7.06. The summed E-state index contributed by atoms with van der Waals surface area (Å²) in [5, 5.41) is 2.57. The highest BCUT2D eigenvalue weighted by atomic mass is 16.2. The number of hydrazine groups is 2. The maximum atomic E-state index is 13.4.